The number of nitrogens with zero attached hydrogens (tertiary/aromatic N) is 2. The van der Waals surface area contributed by atoms with Gasteiger partial charge in [0.1, 0.15) is 11.6 Å². The van der Waals surface area contributed by atoms with E-state index in [-0.39, 0.29) is 11.9 Å². The van der Waals surface area contributed by atoms with Gasteiger partial charge in [-0.15, -0.1) is 0 Å². The van der Waals surface area contributed by atoms with Crippen molar-refractivity contribution in [3.05, 3.63) is 72.0 Å². The molecule has 2 N–H and O–H groups in total. The monoisotopic (exact) mass is 350 g/mol. The van der Waals surface area contributed by atoms with Crippen molar-refractivity contribution in [3.8, 4) is 11.3 Å². The standard InChI is InChI=1S/C21H23FN4/c1-3-15(2)24-21-25-19(16-9-5-4-6-10-16)13-20(26-21)23-14-17-11-7-8-12-18(17)22/h4-13,15H,3,14H2,1-2H3,(H2,23,24,25,26)/t15-/m0/s1. The number of halogens is 1. The molecule has 0 saturated carbocycles. The fourth-order valence-corrected chi connectivity index (χ4v) is 2.51. The predicted molar refractivity (Wildman–Crippen MR) is 105 cm³/mol. The lowest BCUT2D eigenvalue weighted by Gasteiger charge is -2.15. The van der Waals surface area contributed by atoms with Crippen LogP contribution in [0, 0.1) is 5.82 Å². The fraction of sp³-hybridized carbons (Fsp3) is 0.238. The van der Waals surface area contributed by atoms with Gasteiger partial charge in [-0.1, -0.05) is 55.5 Å². The van der Waals surface area contributed by atoms with Crippen molar-refractivity contribution >= 4 is 11.8 Å². The molecule has 0 radical (unpaired) electrons. The number of aromatic nitrogens is 2. The summed E-state index contributed by atoms with van der Waals surface area (Å²) in [7, 11) is 0. The van der Waals surface area contributed by atoms with Crippen LogP contribution in [0.1, 0.15) is 25.8 Å². The third-order valence-corrected chi connectivity index (χ3v) is 4.20. The highest BCUT2D eigenvalue weighted by atomic mass is 19.1. The van der Waals surface area contributed by atoms with Crippen LogP contribution in [0.5, 0.6) is 0 Å². The summed E-state index contributed by atoms with van der Waals surface area (Å²) < 4.78 is 13.8. The molecule has 0 spiro atoms. The zero-order valence-corrected chi connectivity index (χ0v) is 15.0. The molecule has 0 aliphatic rings. The van der Waals surface area contributed by atoms with Gasteiger partial charge in [0.15, 0.2) is 0 Å². The van der Waals surface area contributed by atoms with Crippen LogP contribution in [0.3, 0.4) is 0 Å². The van der Waals surface area contributed by atoms with E-state index >= 15 is 0 Å². The molecular weight excluding hydrogens is 327 g/mol. The summed E-state index contributed by atoms with van der Waals surface area (Å²) in [6, 6.07) is 18.8. The highest BCUT2D eigenvalue weighted by Gasteiger charge is 2.09. The minimum atomic E-state index is -0.227. The average Bonchev–Trinajstić information content (AvgIpc) is 2.68. The van der Waals surface area contributed by atoms with Crippen LogP contribution in [0.25, 0.3) is 11.3 Å². The van der Waals surface area contributed by atoms with E-state index in [2.05, 4.69) is 34.4 Å². The van der Waals surface area contributed by atoms with Gasteiger partial charge in [0.2, 0.25) is 5.95 Å². The number of hydrogen-bond donors (Lipinski definition) is 2. The molecule has 1 atom stereocenters. The maximum absolute atomic E-state index is 13.8. The van der Waals surface area contributed by atoms with Crippen molar-refractivity contribution in [2.45, 2.75) is 32.9 Å². The Morgan fingerprint density at radius 1 is 1.00 bits per heavy atom. The molecule has 1 aromatic heterocycles. The Kier molecular flexibility index (Phi) is 5.79. The van der Waals surface area contributed by atoms with Crippen LogP contribution in [-0.4, -0.2) is 16.0 Å². The first-order valence-electron chi connectivity index (χ1n) is 8.84. The van der Waals surface area contributed by atoms with Crippen LogP contribution in [0.15, 0.2) is 60.7 Å². The quantitative estimate of drug-likeness (QED) is 0.622. The number of rotatable bonds is 7. The Bertz CT molecular complexity index is 852. The molecule has 0 amide bonds. The van der Waals surface area contributed by atoms with Gasteiger partial charge in [0, 0.05) is 29.8 Å². The third-order valence-electron chi connectivity index (χ3n) is 4.20. The lowest BCUT2D eigenvalue weighted by Crippen LogP contribution is -2.16. The molecule has 0 saturated heterocycles. The summed E-state index contributed by atoms with van der Waals surface area (Å²) in [5, 5.41) is 6.53. The Labute approximate surface area is 153 Å². The summed E-state index contributed by atoms with van der Waals surface area (Å²) in [5.41, 5.74) is 2.43. The van der Waals surface area contributed by atoms with Crippen LogP contribution in [0.2, 0.25) is 0 Å². The van der Waals surface area contributed by atoms with E-state index in [9.17, 15) is 4.39 Å². The SMILES string of the molecule is CC[C@H](C)Nc1nc(NCc2ccccc2F)cc(-c2ccccc2)n1. The van der Waals surface area contributed by atoms with E-state index in [1.54, 1.807) is 12.1 Å². The Balaban J connectivity index is 1.88. The molecule has 0 aliphatic carbocycles. The summed E-state index contributed by atoms with van der Waals surface area (Å²) in [6.45, 7) is 4.56. The summed E-state index contributed by atoms with van der Waals surface area (Å²) >= 11 is 0. The van der Waals surface area contributed by atoms with Crippen LogP contribution < -0.4 is 10.6 Å². The largest absolute Gasteiger partial charge is 0.366 e. The van der Waals surface area contributed by atoms with Crippen LogP contribution in [-0.2, 0) is 6.54 Å². The lowest BCUT2D eigenvalue weighted by molar-refractivity contribution is 0.613. The maximum Gasteiger partial charge on any atom is 0.225 e. The first kappa shape index (κ1) is 17.9. The summed E-state index contributed by atoms with van der Waals surface area (Å²) in [5.74, 6) is 1.000. The molecule has 3 rings (SSSR count). The van der Waals surface area contributed by atoms with Gasteiger partial charge in [-0.25, -0.2) is 9.37 Å². The molecule has 0 bridgehead atoms. The average molecular weight is 350 g/mol. The number of hydrogen-bond acceptors (Lipinski definition) is 4. The zero-order valence-electron chi connectivity index (χ0n) is 15.0. The zero-order chi connectivity index (χ0) is 18.4. The van der Waals surface area contributed by atoms with E-state index in [0.717, 1.165) is 17.7 Å². The minimum Gasteiger partial charge on any atom is -0.366 e. The normalized spacial score (nSPS) is 11.8. The van der Waals surface area contributed by atoms with Crippen molar-refractivity contribution in [3.63, 3.8) is 0 Å². The first-order chi connectivity index (χ1) is 12.7. The fourth-order valence-electron chi connectivity index (χ4n) is 2.51. The van der Waals surface area contributed by atoms with Gasteiger partial charge in [-0.05, 0) is 19.4 Å². The van der Waals surface area contributed by atoms with Gasteiger partial charge in [-0.3, -0.25) is 0 Å². The molecule has 4 nitrogen and oxygen atoms in total. The van der Waals surface area contributed by atoms with Crippen LogP contribution >= 0.6 is 0 Å². The van der Waals surface area contributed by atoms with Gasteiger partial charge < -0.3 is 10.6 Å². The van der Waals surface area contributed by atoms with Crippen molar-refractivity contribution in [2.24, 2.45) is 0 Å². The number of anilines is 2. The summed E-state index contributed by atoms with van der Waals surface area (Å²) in [4.78, 5) is 9.16. The van der Waals surface area contributed by atoms with Gasteiger partial charge >= 0.3 is 0 Å². The minimum absolute atomic E-state index is 0.227. The van der Waals surface area contributed by atoms with Crippen molar-refractivity contribution in [1.82, 2.24) is 9.97 Å². The van der Waals surface area contributed by atoms with E-state index in [1.165, 1.54) is 6.07 Å². The smallest absolute Gasteiger partial charge is 0.225 e. The molecule has 26 heavy (non-hydrogen) atoms. The third kappa shape index (κ3) is 4.57. The van der Waals surface area contributed by atoms with E-state index in [1.807, 2.05) is 42.5 Å². The van der Waals surface area contributed by atoms with Crippen molar-refractivity contribution in [2.75, 3.05) is 10.6 Å². The molecule has 1 heterocycles. The molecule has 2 aromatic carbocycles. The van der Waals surface area contributed by atoms with Crippen molar-refractivity contribution in [1.29, 1.82) is 0 Å². The van der Waals surface area contributed by atoms with Gasteiger partial charge in [0.25, 0.3) is 0 Å². The second-order valence-corrected chi connectivity index (χ2v) is 6.23. The maximum atomic E-state index is 13.8. The van der Waals surface area contributed by atoms with Gasteiger partial charge in [-0.2, -0.15) is 4.98 Å². The highest BCUT2D eigenvalue weighted by Crippen LogP contribution is 2.22. The number of benzene rings is 2. The predicted octanol–water partition coefficient (Wildman–Crippen LogP) is 5.11. The second-order valence-electron chi connectivity index (χ2n) is 6.23. The molecule has 0 unspecified atom stereocenters. The molecule has 134 valence electrons. The second kappa shape index (κ2) is 8.43. The van der Waals surface area contributed by atoms with Crippen LogP contribution in [0.4, 0.5) is 16.2 Å². The van der Waals surface area contributed by atoms with Crippen molar-refractivity contribution < 1.29 is 4.39 Å². The molecule has 0 fully saturated rings. The molecular formula is C21H23FN4. The van der Waals surface area contributed by atoms with E-state index in [4.69, 9.17) is 0 Å². The van der Waals surface area contributed by atoms with Gasteiger partial charge in [0.05, 0.1) is 5.69 Å². The topological polar surface area (TPSA) is 49.8 Å². The summed E-state index contributed by atoms with van der Waals surface area (Å²) in [6.07, 6.45) is 0.969. The number of nitrogens with one attached hydrogen (secondary N) is 2. The molecule has 3 aromatic rings. The Morgan fingerprint density at radius 2 is 1.73 bits per heavy atom. The highest BCUT2D eigenvalue weighted by molar-refractivity contribution is 5.64. The molecule has 5 heteroatoms. The van der Waals surface area contributed by atoms with E-state index in [0.29, 0.717) is 23.9 Å². The Hall–Kier alpha value is -2.95. The first-order valence-corrected chi connectivity index (χ1v) is 8.84. The Morgan fingerprint density at radius 3 is 2.46 bits per heavy atom. The lowest BCUT2D eigenvalue weighted by atomic mass is 10.1. The molecule has 0 aliphatic heterocycles. The van der Waals surface area contributed by atoms with E-state index < -0.39 is 0 Å².